The number of rotatable bonds is 8. The van der Waals surface area contributed by atoms with Crippen molar-refractivity contribution in [2.24, 2.45) is 0 Å². The maximum atomic E-state index is 12.5. The SMILES string of the molecule is CCN(CC(=O)NCc1cccs1)C(=O)COc1ccc(Cl)c2cccnc12. The second-order valence-corrected chi connectivity index (χ2v) is 7.44. The summed E-state index contributed by atoms with van der Waals surface area (Å²) in [4.78, 5) is 31.4. The minimum atomic E-state index is -0.271. The van der Waals surface area contributed by atoms with Crippen molar-refractivity contribution in [1.29, 1.82) is 0 Å². The van der Waals surface area contributed by atoms with Crippen LogP contribution in [0.2, 0.25) is 5.02 Å². The Morgan fingerprint density at radius 3 is 2.86 bits per heavy atom. The fourth-order valence-corrected chi connectivity index (χ4v) is 3.52. The van der Waals surface area contributed by atoms with Crippen molar-refractivity contribution in [3.05, 3.63) is 57.9 Å². The molecule has 0 spiro atoms. The number of likely N-dealkylation sites (N-methyl/N-ethyl adjacent to an activating group) is 1. The molecule has 1 aromatic carbocycles. The van der Waals surface area contributed by atoms with Crippen LogP contribution in [-0.4, -0.2) is 41.4 Å². The van der Waals surface area contributed by atoms with E-state index in [9.17, 15) is 9.59 Å². The number of nitrogens with one attached hydrogen (secondary N) is 1. The summed E-state index contributed by atoms with van der Waals surface area (Å²) in [5, 5.41) is 6.10. The molecule has 0 radical (unpaired) electrons. The largest absolute Gasteiger partial charge is 0.481 e. The van der Waals surface area contributed by atoms with Gasteiger partial charge < -0.3 is 15.0 Å². The topological polar surface area (TPSA) is 71.5 Å². The normalized spacial score (nSPS) is 10.6. The van der Waals surface area contributed by atoms with E-state index in [0.29, 0.717) is 29.4 Å². The Morgan fingerprint density at radius 2 is 2.11 bits per heavy atom. The smallest absolute Gasteiger partial charge is 0.260 e. The van der Waals surface area contributed by atoms with Gasteiger partial charge in [-0.2, -0.15) is 0 Å². The molecule has 0 bridgehead atoms. The zero-order valence-corrected chi connectivity index (χ0v) is 16.9. The van der Waals surface area contributed by atoms with Crippen LogP contribution in [0.3, 0.4) is 0 Å². The number of amides is 2. The first-order valence-electron chi connectivity index (χ1n) is 8.81. The van der Waals surface area contributed by atoms with Gasteiger partial charge >= 0.3 is 0 Å². The number of aromatic nitrogens is 1. The maximum Gasteiger partial charge on any atom is 0.260 e. The standard InChI is InChI=1S/C20H20ClN3O3S/c1-2-24(12-18(25)23-11-14-5-4-10-28-14)19(26)13-27-17-8-7-16(21)15-6-3-9-22-20(15)17/h3-10H,2,11-13H2,1H3,(H,23,25). The molecule has 28 heavy (non-hydrogen) atoms. The predicted octanol–water partition coefficient (Wildman–Crippen LogP) is 3.49. The molecule has 0 aliphatic rings. The van der Waals surface area contributed by atoms with Crippen molar-refractivity contribution in [1.82, 2.24) is 15.2 Å². The number of carbonyl (C=O) groups excluding carboxylic acids is 2. The number of benzene rings is 1. The quantitative estimate of drug-likeness (QED) is 0.609. The zero-order valence-electron chi connectivity index (χ0n) is 15.4. The van der Waals surface area contributed by atoms with Crippen molar-refractivity contribution in [2.45, 2.75) is 13.5 Å². The molecule has 0 fully saturated rings. The summed E-state index contributed by atoms with van der Waals surface area (Å²) < 4.78 is 5.68. The predicted molar refractivity (Wildman–Crippen MR) is 111 cm³/mol. The van der Waals surface area contributed by atoms with Crippen molar-refractivity contribution in [2.75, 3.05) is 19.7 Å². The summed E-state index contributed by atoms with van der Waals surface area (Å²) >= 11 is 7.75. The number of nitrogens with zero attached hydrogens (tertiary/aromatic N) is 2. The first-order valence-corrected chi connectivity index (χ1v) is 10.1. The first kappa shape index (κ1) is 20.1. The lowest BCUT2D eigenvalue weighted by Crippen LogP contribution is -2.42. The van der Waals surface area contributed by atoms with Crippen molar-refractivity contribution in [3.63, 3.8) is 0 Å². The van der Waals surface area contributed by atoms with Crippen LogP contribution in [-0.2, 0) is 16.1 Å². The number of thiophene rings is 1. The van der Waals surface area contributed by atoms with E-state index in [1.165, 1.54) is 4.90 Å². The molecule has 2 amide bonds. The summed E-state index contributed by atoms with van der Waals surface area (Å²) in [7, 11) is 0. The molecule has 0 saturated carbocycles. The highest BCUT2D eigenvalue weighted by Crippen LogP contribution is 2.29. The Balaban J connectivity index is 1.57. The van der Waals surface area contributed by atoms with Crippen LogP contribution in [0.25, 0.3) is 10.9 Å². The van der Waals surface area contributed by atoms with E-state index in [0.717, 1.165) is 10.3 Å². The minimum absolute atomic E-state index is 0.0102. The van der Waals surface area contributed by atoms with Gasteiger partial charge in [0.25, 0.3) is 5.91 Å². The van der Waals surface area contributed by atoms with Gasteiger partial charge in [0, 0.05) is 23.0 Å². The van der Waals surface area contributed by atoms with Gasteiger partial charge in [-0.1, -0.05) is 17.7 Å². The average molecular weight is 418 g/mol. The number of ether oxygens (including phenoxy) is 1. The molecule has 0 unspecified atom stereocenters. The highest BCUT2D eigenvalue weighted by atomic mass is 35.5. The molecule has 2 aromatic heterocycles. The second-order valence-electron chi connectivity index (χ2n) is 6.00. The maximum absolute atomic E-state index is 12.5. The van der Waals surface area contributed by atoms with Crippen LogP contribution in [0.4, 0.5) is 0 Å². The molecule has 0 aliphatic heterocycles. The summed E-state index contributed by atoms with van der Waals surface area (Å²) in [5.41, 5.74) is 0.597. The van der Waals surface area contributed by atoms with Gasteiger partial charge in [-0.3, -0.25) is 14.6 Å². The number of pyridine rings is 1. The van der Waals surface area contributed by atoms with Gasteiger partial charge in [-0.15, -0.1) is 11.3 Å². The minimum Gasteiger partial charge on any atom is -0.481 e. The van der Waals surface area contributed by atoms with E-state index in [1.807, 2.05) is 30.5 Å². The molecule has 1 N–H and O–H groups in total. The highest BCUT2D eigenvalue weighted by Gasteiger charge is 2.17. The Morgan fingerprint density at radius 1 is 1.25 bits per heavy atom. The Hall–Kier alpha value is -2.64. The average Bonchev–Trinajstić information content (AvgIpc) is 3.23. The Kier molecular flexibility index (Phi) is 6.84. The number of carbonyl (C=O) groups is 2. The fraction of sp³-hybridized carbons (Fsp3) is 0.250. The Bertz CT molecular complexity index is 962. The number of hydrogen-bond donors (Lipinski definition) is 1. The van der Waals surface area contributed by atoms with Gasteiger partial charge in [0.2, 0.25) is 5.91 Å². The molecule has 3 aromatic rings. The van der Waals surface area contributed by atoms with Crippen molar-refractivity contribution in [3.8, 4) is 5.75 Å². The Labute approximate surface area is 172 Å². The van der Waals surface area contributed by atoms with Gasteiger partial charge in [-0.05, 0) is 42.6 Å². The third-order valence-electron chi connectivity index (χ3n) is 4.14. The van der Waals surface area contributed by atoms with Crippen molar-refractivity contribution < 1.29 is 14.3 Å². The lowest BCUT2D eigenvalue weighted by atomic mass is 10.2. The summed E-state index contributed by atoms with van der Waals surface area (Å²) in [6, 6.07) is 10.9. The first-order chi connectivity index (χ1) is 13.6. The molecule has 0 saturated heterocycles. The summed E-state index contributed by atoms with van der Waals surface area (Å²) in [6.07, 6.45) is 1.64. The third kappa shape index (κ3) is 4.99. The fourth-order valence-electron chi connectivity index (χ4n) is 2.66. The van der Waals surface area contributed by atoms with Gasteiger partial charge in [-0.25, -0.2) is 0 Å². The van der Waals surface area contributed by atoms with Crippen LogP contribution in [0.5, 0.6) is 5.75 Å². The van der Waals surface area contributed by atoms with Crippen molar-refractivity contribution >= 4 is 45.7 Å². The molecule has 0 atom stereocenters. The molecule has 146 valence electrons. The van der Waals surface area contributed by atoms with Crippen LogP contribution >= 0.6 is 22.9 Å². The van der Waals surface area contributed by atoms with E-state index in [2.05, 4.69) is 10.3 Å². The highest BCUT2D eigenvalue weighted by molar-refractivity contribution is 7.09. The monoisotopic (exact) mass is 417 g/mol. The van der Waals surface area contributed by atoms with Gasteiger partial charge in [0.05, 0.1) is 18.1 Å². The molecule has 3 rings (SSSR count). The van der Waals surface area contributed by atoms with E-state index < -0.39 is 0 Å². The lowest BCUT2D eigenvalue weighted by Gasteiger charge is -2.20. The molecule has 8 heteroatoms. The van der Waals surface area contributed by atoms with Crippen LogP contribution in [0.1, 0.15) is 11.8 Å². The lowest BCUT2D eigenvalue weighted by molar-refractivity contribution is -0.137. The van der Waals surface area contributed by atoms with Gasteiger partial charge in [0.1, 0.15) is 11.3 Å². The van der Waals surface area contributed by atoms with Crippen LogP contribution < -0.4 is 10.1 Å². The van der Waals surface area contributed by atoms with Crippen LogP contribution in [0, 0.1) is 0 Å². The zero-order chi connectivity index (χ0) is 19.9. The summed E-state index contributed by atoms with van der Waals surface area (Å²) in [5.74, 6) is 0.00145. The van der Waals surface area contributed by atoms with E-state index in [1.54, 1.807) is 35.7 Å². The van der Waals surface area contributed by atoms with E-state index in [4.69, 9.17) is 16.3 Å². The second kappa shape index (κ2) is 9.52. The van der Waals surface area contributed by atoms with E-state index in [-0.39, 0.29) is 25.0 Å². The number of hydrogen-bond acceptors (Lipinski definition) is 5. The van der Waals surface area contributed by atoms with E-state index >= 15 is 0 Å². The number of halogens is 1. The molecule has 0 aliphatic carbocycles. The molecule has 2 heterocycles. The molecular weight excluding hydrogens is 398 g/mol. The van der Waals surface area contributed by atoms with Crippen LogP contribution in [0.15, 0.2) is 48.0 Å². The number of fused-ring (bicyclic) bond motifs is 1. The summed E-state index contributed by atoms with van der Waals surface area (Å²) in [6.45, 7) is 2.50. The third-order valence-corrected chi connectivity index (χ3v) is 5.35. The molecular formula is C20H20ClN3O3S. The molecule has 6 nitrogen and oxygen atoms in total. The van der Waals surface area contributed by atoms with Gasteiger partial charge in [0.15, 0.2) is 6.61 Å².